The Morgan fingerprint density at radius 2 is 1.83 bits per heavy atom. The molecule has 1 aromatic heterocycles. The first kappa shape index (κ1) is 19.2. The zero-order valence-corrected chi connectivity index (χ0v) is 16.4. The van der Waals surface area contributed by atoms with Crippen LogP contribution in [0.3, 0.4) is 0 Å². The maximum atomic E-state index is 11.1. The van der Waals surface area contributed by atoms with E-state index >= 15 is 0 Å². The van der Waals surface area contributed by atoms with Gasteiger partial charge in [0, 0.05) is 25.2 Å². The highest BCUT2D eigenvalue weighted by molar-refractivity contribution is 5.69. The lowest BCUT2D eigenvalue weighted by Gasteiger charge is -2.16. The number of aromatic nitrogens is 1. The van der Waals surface area contributed by atoms with Gasteiger partial charge in [-0.1, -0.05) is 43.3 Å². The number of carboxylic acids is 1. The maximum absolute atomic E-state index is 11.1. The summed E-state index contributed by atoms with van der Waals surface area (Å²) in [6.45, 7) is 4.27. The second-order valence-electron chi connectivity index (χ2n) is 7.51. The second kappa shape index (κ2) is 8.45. The molecule has 3 aromatic rings. The summed E-state index contributed by atoms with van der Waals surface area (Å²) >= 11 is 0. The van der Waals surface area contributed by atoms with Crippen molar-refractivity contribution in [3.05, 3.63) is 83.6 Å². The number of ether oxygens (including phenoxy) is 1. The van der Waals surface area contributed by atoms with Gasteiger partial charge in [0.05, 0.1) is 17.3 Å². The summed E-state index contributed by atoms with van der Waals surface area (Å²) < 4.78 is 5.85. The van der Waals surface area contributed by atoms with Crippen molar-refractivity contribution in [2.75, 3.05) is 6.54 Å². The Morgan fingerprint density at radius 3 is 2.55 bits per heavy atom. The number of benzene rings is 2. The maximum Gasteiger partial charge on any atom is 0.307 e. The molecule has 0 amide bonds. The number of carbonyl (C=O) groups is 1. The third kappa shape index (κ3) is 4.63. The van der Waals surface area contributed by atoms with Gasteiger partial charge in [0.2, 0.25) is 0 Å². The summed E-state index contributed by atoms with van der Waals surface area (Å²) in [6.07, 6.45) is 0. The molecular formula is C24H24N2O3. The summed E-state index contributed by atoms with van der Waals surface area (Å²) in [4.78, 5) is 18.1. The average molecular weight is 388 g/mol. The molecule has 1 N–H and O–H groups in total. The third-order valence-corrected chi connectivity index (χ3v) is 5.19. The molecule has 1 atom stereocenters. The highest BCUT2D eigenvalue weighted by atomic mass is 16.5. The number of nitrogens with zero attached hydrogens (tertiary/aromatic N) is 2. The fourth-order valence-electron chi connectivity index (χ4n) is 3.54. The van der Waals surface area contributed by atoms with Gasteiger partial charge in [-0.05, 0) is 41.5 Å². The largest absolute Gasteiger partial charge is 0.489 e. The molecule has 0 saturated carbocycles. The zero-order valence-electron chi connectivity index (χ0n) is 16.4. The molecule has 1 unspecified atom stereocenters. The molecule has 4 rings (SSSR count). The molecule has 5 nitrogen and oxygen atoms in total. The van der Waals surface area contributed by atoms with Gasteiger partial charge in [0.15, 0.2) is 0 Å². The SMILES string of the molecule is CC(CN1Cc2ccc(-c3ccc(OCc4ccccc4)cc3)nc2C1)C(=O)O. The molecule has 29 heavy (non-hydrogen) atoms. The van der Waals surface area contributed by atoms with E-state index in [1.807, 2.05) is 60.7 Å². The topological polar surface area (TPSA) is 62.7 Å². The molecule has 148 valence electrons. The number of hydrogen-bond donors (Lipinski definition) is 1. The molecule has 0 aliphatic carbocycles. The van der Waals surface area contributed by atoms with Crippen molar-refractivity contribution in [2.24, 2.45) is 5.92 Å². The number of aliphatic carboxylic acids is 1. The minimum absolute atomic E-state index is 0.382. The van der Waals surface area contributed by atoms with Crippen LogP contribution in [0.4, 0.5) is 0 Å². The lowest BCUT2D eigenvalue weighted by molar-refractivity contribution is -0.141. The predicted molar refractivity (Wildman–Crippen MR) is 111 cm³/mol. The zero-order chi connectivity index (χ0) is 20.2. The normalized spacial score (nSPS) is 14.4. The van der Waals surface area contributed by atoms with Crippen LogP contribution in [0.25, 0.3) is 11.3 Å². The lowest BCUT2D eigenvalue weighted by Crippen LogP contribution is -2.27. The van der Waals surface area contributed by atoms with Gasteiger partial charge in [-0.2, -0.15) is 0 Å². The van der Waals surface area contributed by atoms with E-state index in [4.69, 9.17) is 14.8 Å². The molecule has 1 aliphatic heterocycles. The fourth-order valence-corrected chi connectivity index (χ4v) is 3.54. The molecule has 0 radical (unpaired) electrons. The summed E-state index contributed by atoms with van der Waals surface area (Å²) in [6, 6.07) is 22.2. The van der Waals surface area contributed by atoms with Crippen LogP contribution in [0.2, 0.25) is 0 Å². The Labute approximate surface area is 170 Å². The number of fused-ring (bicyclic) bond motifs is 1. The Morgan fingerprint density at radius 1 is 1.07 bits per heavy atom. The average Bonchev–Trinajstić information content (AvgIpc) is 3.14. The summed E-state index contributed by atoms with van der Waals surface area (Å²) in [5.41, 5.74) is 5.31. The van der Waals surface area contributed by atoms with Crippen molar-refractivity contribution in [3.63, 3.8) is 0 Å². The van der Waals surface area contributed by atoms with E-state index in [1.54, 1.807) is 6.92 Å². The fraction of sp³-hybridized carbons (Fsp3) is 0.250. The summed E-state index contributed by atoms with van der Waals surface area (Å²) in [7, 11) is 0. The van der Waals surface area contributed by atoms with Crippen LogP contribution in [0.1, 0.15) is 23.7 Å². The smallest absolute Gasteiger partial charge is 0.307 e. The second-order valence-corrected chi connectivity index (χ2v) is 7.51. The van der Waals surface area contributed by atoms with E-state index in [0.29, 0.717) is 19.7 Å². The monoisotopic (exact) mass is 388 g/mol. The molecule has 0 fully saturated rings. The van der Waals surface area contributed by atoms with Crippen LogP contribution in [-0.2, 0) is 24.5 Å². The lowest BCUT2D eigenvalue weighted by atomic mass is 10.1. The molecule has 5 heteroatoms. The first-order valence-corrected chi connectivity index (χ1v) is 9.79. The van der Waals surface area contributed by atoms with Gasteiger partial charge < -0.3 is 9.84 Å². The summed E-state index contributed by atoms with van der Waals surface area (Å²) in [5.74, 6) is -0.316. The van der Waals surface area contributed by atoms with Crippen LogP contribution >= 0.6 is 0 Å². The number of pyridine rings is 1. The Kier molecular flexibility index (Phi) is 5.58. The van der Waals surface area contributed by atoms with E-state index in [1.165, 1.54) is 5.56 Å². The Hall–Kier alpha value is -3.18. The minimum Gasteiger partial charge on any atom is -0.489 e. The van der Waals surface area contributed by atoms with Gasteiger partial charge in [0.1, 0.15) is 12.4 Å². The van der Waals surface area contributed by atoms with Gasteiger partial charge in [-0.15, -0.1) is 0 Å². The van der Waals surface area contributed by atoms with Gasteiger partial charge in [0.25, 0.3) is 0 Å². The van der Waals surface area contributed by atoms with Crippen LogP contribution in [0, 0.1) is 5.92 Å². The Balaban J connectivity index is 1.40. The number of carboxylic acid groups (broad SMARTS) is 1. The van der Waals surface area contributed by atoms with Gasteiger partial charge in [-0.3, -0.25) is 14.7 Å². The van der Waals surface area contributed by atoms with E-state index in [0.717, 1.165) is 34.8 Å². The van der Waals surface area contributed by atoms with Crippen LogP contribution < -0.4 is 4.74 Å². The molecule has 0 spiro atoms. The van der Waals surface area contributed by atoms with Crippen molar-refractivity contribution in [3.8, 4) is 17.0 Å². The van der Waals surface area contributed by atoms with Crippen molar-refractivity contribution in [1.82, 2.24) is 9.88 Å². The van der Waals surface area contributed by atoms with E-state index in [9.17, 15) is 4.79 Å². The number of hydrogen-bond acceptors (Lipinski definition) is 4. The predicted octanol–water partition coefficient (Wildman–Crippen LogP) is 4.36. The first-order chi connectivity index (χ1) is 14.1. The Bertz CT molecular complexity index is 987. The molecule has 0 saturated heterocycles. The highest BCUT2D eigenvalue weighted by Crippen LogP contribution is 2.27. The molecule has 0 bridgehead atoms. The first-order valence-electron chi connectivity index (χ1n) is 9.79. The third-order valence-electron chi connectivity index (χ3n) is 5.19. The van der Waals surface area contributed by atoms with Crippen molar-refractivity contribution < 1.29 is 14.6 Å². The number of rotatable bonds is 7. The molecule has 2 aromatic carbocycles. The summed E-state index contributed by atoms with van der Waals surface area (Å²) in [5, 5.41) is 9.12. The standard InChI is InChI=1S/C24H24N2O3/c1-17(24(27)28)13-26-14-20-9-12-22(25-23(20)15-26)19-7-10-21(11-8-19)29-16-18-5-3-2-4-6-18/h2-12,17H,13-16H2,1H3,(H,27,28). The van der Waals surface area contributed by atoms with Gasteiger partial charge >= 0.3 is 5.97 Å². The van der Waals surface area contributed by atoms with E-state index in [-0.39, 0.29) is 5.92 Å². The van der Waals surface area contributed by atoms with E-state index in [2.05, 4.69) is 11.0 Å². The van der Waals surface area contributed by atoms with Gasteiger partial charge in [-0.25, -0.2) is 0 Å². The molecular weight excluding hydrogens is 364 g/mol. The van der Waals surface area contributed by atoms with Crippen molar-refractivity contribution in [2.45, 2.75) is 26.6 Å². The van der Waals surface area contributed by atoms with Crippen LogP contribution in [0.15, 0.2) is 66.7 Å². The quantitative estimate of drug-likeness (QED) is 0.651. The van der Waals surface area contributed by atoms with Crippen molar-refractivity contribution >= 4 is 5.97 Å². The van der Waals surface area contributed by atoms with Crippen LogP contribution in [-0.4, -0.2) is 27.5 Å². The van der Waals surface area contributed by atoms with Crippen molar-refractivity contribution in [1.29, 1.82) is 0 Å². The van der Waals surface area contributed by atoms with Crippen LogP contribution in [0.5, 0.6) is 5.75 Å². The molecule has 1 aliphatic rings. The van der Waals surface area contributed by atoms with E-state index < -0.39 is 5.97 Å². The minimum atomic E-state index is -0.760. The highest BCUT2D eigenvalue weighted by Gasteiger charge is 2.24. The molecule has 2 heterocycles.